The fourth-order valence-electron chi connectivity index (χ4n) is 2.68. The molecule has 2 aromatic rings. The van der Waals surface area contributed by atoms with E-state index >= 15 is 0 Å². The Balaban J connectivity index is 2.57. The molecular formula is C18H21BrClN. The standard InChI is InChI=1S/C18H21BrClN/c1-4-12-9-10-13(5-2)15(11-12)18(21-3)14-7-6-8-16(19)17(14)20/h6-11,18,21H,4-5H2,1-3H3. The smallest absolute Gasteiger partial charge is 0.0599 e. The molecule has 21 heavy (non-hydrogen) atoms. The van der Waals surface area contributed by atoms with Gasteiger partial charge < -0.3 is 5.32 Å². The molecule has 0 fully saturated rings. The maximum absolute atomic E-state index is 6.50. The highest BCUT2D eigenvalue weighted by atomic mass is 79.9. The highest BCUT2D eigenvalue weighted by molar-refractivity contribution is 9.10. The monoisotopic (exact) mass is 365 g/mol. The van der Waals surface area contributed by atoms with Crippen molar-refractivity contribution in [1.82, 2.24) is 5.32 Å². The first-order valence-electron chi connectivity index (χ1n) is 7.35. The second-order valence-electron chi connectivity index (χ2n) is 5.11. The third kappa shape index (κ3) is 3.50. The van der Waals surface area contributed by atoms with E-state index in [-0.39, 0.29) is 6.04 Å². The van der Waals surface area contributed by atoms with E-state index in [1.807, 2.05) is 19.2 Å². The van der Waals surface area contributed by atoms with Gasteiger partial charge in [-0.2, -0.15) is 0 Å². The Hall–Kier alpha value is -0.830. The second kappa shape index (κ2) is 7.44. The second-order valence-corrected chi connectivity index (χ2v) is 6.34. The lowest BCUT2D eigenvalue weighted by atomic mass is 9.91. The number of halogens is 2. The molecule has 0 saturated heterocycles. The Morgan fingerprint density at radius 1 is 1.10 bits per heavy atom. The minimum atomic E-state index is 0.108. The van der Waals surface area contributed by atoms with E-state index in [0.29, 0.717) is 0 Å². The summed E-state index contributed by atoms with van der Waals surface area (Å²) in [7, 11) is 1.99. The molecule has 0 aliphatic heterocycles. The van der Waals surface area contributed by atoms with Crippen molar-refractivity contribution in [2.45, 2.75) is 32.7 Å². The van der Waals surface area contributed by atoms with Gasteiger partial charge in [0.05, 0.1) is 11.1 Å². The van der Waals surface area contributed by atoms with Crippen molar-refractivity contribution in [3.63, 3.8) is 0 Å². The van der Waals surface area contributed by atoms with E-state index in [4.69, 9.17) is 11.6 Å². The lowest BCUT2D eigenvalue weighted by Crippen LogP contribution is -2.20. The normalized spacial score (nSPS) is 12.4. The molecule has 0 aliphatic carbocycles. The fourth-order valence-corrected chi connectivity index (χ4v) is 3.29. The van der Waals surface area contributed by atoms with Crippen LogP contribution in [-0.4, -0.2) is 7.05 Å². The van der Waals surface area contributed by atoms with Crippen molar-refractivity contribution in [2.24, 2.45) is 0 Å². The van der Waals surface area contributed by atoms with E-state index < -0.39 is 0 Å². The first-order valence-corrected chi connectivity index (χ1v) is 8.52. The molecule has 112 valence electrons. The molecule has 1 atom stereocenters. The van der Waals surface area contributed by atoms with Gasteiger partial charge in [0.1, 0.15) is 0 Å². The third-order valence-electron chi connectivity index (χ3n) is 3.89. The van der Waals surface area contributed by atoms with Crippen LogP contribution in [0.25, 0.3) is 0 Å². The number of hydrogen-bond acceptors (Lipinski definition) is 1. The summed E-state index contributed by atoms with van der Waals surface area (Å²) in [4.78, 5) is 0. The summed E-state index contributed by atoms with van der Waals surface area (Å²) < 4.78 is 0.937. The molecule has 0 radical (unpaired) electrons. The van der Waals surface area contributed by atoms with Crippen LogP contribution in [0.5, 0.6) is 0 Å². The minimum absolute atomic E-state index is 0.108. The summed E-state index contributed by atoms with van der Waals surface area (Å²) in [5.41, 5.74) is 5.15. The molecular weight excluding hydrogens is 346 g/mol. The summed E-state index contributed by atoms with van der Waals surface area (Å²) in [5, 5.41) is 4.20. The molecule has 0 bridgehead atoms. The first-order chi connectivity index (χ1) is 10.1. The van der Waals surface area contributed by atoms with Crippen molar-refractivity contribution in [1.29, 1.82) is 0 Å². The first kappa shape index (κ1) is 16.5. The number of hydrogen-bond donors (Lipinski definition) is 1. The van der Waals surface area contributed by atoms with Crippen molar-refractivity contribution < 1.29 is 0 Å². The molecule has 1 nitrogen and oxygen atoms in total. The number of nitrogens with one attached hydrogen (secondary N) is 1. The summed E-state index contributed by atoms with van der Waals surface area (Å²) in [5.74, 6) is 0. The van der Waals surface area contributed by atoms with Gasteiger partial charge in [-0.25, -0.2) is 0 Å². The average molecular weight is 367 g/mol. The molecule has 0 saturated carbocycles. The van der Waals surface area contributed by atoms with Gasteiger partial charge in [-0.1, -0.05) is 55.8 Å². The Kier molecular flexibility index (Phi) is 5.86. The summed E-state index contributed by atoms with van der Waals surface area (Å²) in [6.45, 7) is 4.38. The van der Waals surface area contributed by atoms with Crippen molar-refractivity contribution in [2.75, 3.05) is 7.05 Å². The zero-order chi connectivity index (χ0) is 15.4. The van der Waals surface area contributed by atoms with Gasteiger partial charge >= 0.3 is 0 Å². The van der Waals surface area contributed by atoms with Crippen LogP contribution >= 0.6 is 27.5 Å². The topological polar surface area (TPSA) is 12.0 Å². The Morgan fingerprint density at radius 2 is 1.86 bits per heavy atom. The maximum Gasteiger partial charge on any atom is 0.0599 e. The number of aryl methyl sites for hydroxylation is 2. The van der Waals surface area contributed by atoms with Gasteiger partial charge in [0.25, 0.3) is 0 Å². The number of benzene rings is 2. The van der Waals surface area contributed by atoms with E-state index in [9.17, 15) is 0 Å². The molecule has 0 aliphatic rings. The van der Waals surface area contributed by atoms with Crippen LogP contribution in [0.15, 0.2) is 40.9 Å². The Labute approximate surface area is 140 Å². The Bertz CT molecular complexity index is 625. The average Bonchev–Trinajstić information content (AvgIpc) is 2.52. The van der Waals surface area contributed by atoms with Gasteiger partial charge in [0.2, 0.25) is 0 Å². The van der Waals surface area contributed by atoms with Crippen LogP contribution in [0, 0.1) is 0 Å². The van der Waals surface area contributed by atoms with Gasteiger partial charge in [-0.15, -0.1) is 0 Å². The van der Waals surface area contributed by atoms with Crippen LogP contribution in [0.2, 0.25) is 5.02 Å². The SMILES string of the molecule is CCc1ccc(CC)c(C(NC)c2cccc(Br)c2Cl)c1. The van der Waals surface area contributed by atoms with Crippen LogP contribution < -0.4 is 5.32 Å². The van der Waals surface area contributed by atoms with Gasteiger partial charge in [-0.05, 0) is 64.1 Å². The lowest BCUT2D eigenvalue weighted by Gasteiger charge is -2.22. The van der Waals surface area contributed by atoms with Crippen LogP contribution in [-0.2, 0) is 12.8 Å². The highest BCUT2D eigenvalue weighted by Gasteiger charge is 2.19. The van der Waals surface area contributed by atoms with Gasteiger partial charge in [-0.3, -0.25) is 0 Å². The van der Waals surface area contributed by atoms with Crippen molar-refractivity contribution in [3.8, 4) is 0 Å². The number of rotatable bonds is 5. The van der Waals surface area contributed by atoms with E-state index in [1.165, 1.54) is 16.7 Å². The van der Waals surface area contributed by atoms with E-state index in [2.05, 4.69) is 59.4 Å². The molecule has 1 unspecified atom stereocenters. The maximum atomic E-state index is 6.50. The van der Waals surface area contributed by atoms with E-state index in [1.54, 1.807) is 0 Å². The highest BCUT2D eigenvalue weighted by Crippen LogP contribution is 2.34. The van der Waals surface area contributed by atoms with Crippen LogP contribution in [0.1, 0.15) is 42.1 Å². The molecule has 0 heterocycles. The molecule has 0 amide bonds. The van der Waals surface area contributed by atoms with Gasteiger partial charge in [0.15, 0.2) is 0 Å². The predicted octanol–water partition coefficient (Wildman–Crippen LogP) is 5.54. The fraction of sp³-hybridized carbons (Fsp3) is 0.333. The quantitative estimate of drug-likeness (QED) is 0.733. The summed E-state index contributed by atoms with van der Waals surface area (Å²) >= 11 is 10.0. The molecule has 2 rings (SSSR count). The Morgan fingerprint density at radius 3 is 2.48 bits per heavy atom. The predicted molar refractivity (Wildman–Crippen MR) is 95.3 cm³/mol. The molecule has 0 aromatic heterocycles. The van der Waals surface area contributed by atoms with Crippen LogP contribution in [0.4, 0.5) is 0 Å². The zero-order valence-corrected chi connectivity index (χ0v) is 15.1. The van der Waals surface area contributed by atoms with Crippen molar-refractivity contribution >= 4 is 27.5 Å². The largest absolute Gasteiger partial charge is 0.309 e. The molecule has 0 spiro atoms. The van der Waals surface area contributed by atoms with Crippen molar-refractivity contribution in [3.05, 3.63) is 68.1 Å². The lowest BCUT2D eigenvalue weighted by molar-refractivity contribution is 0.682. The molecule has 3 heteroatoms. The summed E-state index contributed by atoms with van der Waals surface area (Å²) in [6, 6.07) is 13.0. The molecule has 1 N–H and O–H groups in total. The molecule has 2 aromatic carbocycles. The van der Waals surface area contributed by atoms with Crippen LogP contribution in [0.3, 0.4) is 0 Å². The zero-order valence-electron chi connectivity index (χ0n) is 12.7. The van der Waals surface area contributed by atoms with E-state index in [0.717, 1.165) is 27.9 Å². The summed E-state index contributed by atoms with van der Waals surface area (Å²) in [6.07, 6.45) is 2.06. The third-order valence-corrected chi connectivity index (χ3v) is 5.20. The minimum Gasteiger partial charge on any atom is -0.309 e. The van der Waals surface area contributed by atoms with Gasteiger partial charge in [0, 0.05) is 4.47 Å².